The normalized spacial score (nSPS) is 13.3. The van der Waals surface area contributed by atoms with Crippen LogP contribution in [0.5, 0.6) is 23.0 Å². The number of carbonyl (C=O) groups excluding carboxylic acids is 1. The van der Waals surface area contributed by atoms with Gasteiger partial charge in [0.15, 0.2) is 17.3 Å². The molecule has 190 valence electrons. The molecule has 4 rings (SSSR count). The van der Waals surface area contributed by atoms with E-state index in [0.29, 0.717) is 62.1 Å². The molecule has 1 fully saturated rings. The quantitative estimate of drug-likeness (QED) is 0.449. The van der Waals surface area contributed by atoms with Crippen molar-refractivity contribution in [3.8, 4) is 34.3 Å². The molecule has 0 spiro atoms. The van der Waals surface area contributed by atoms with E-state index in [0.717, 1.165) is 22.7 Å². The number of aromatic nitrogens is 2. The minimum atomic E-state index is 0.127. The molecule has 1 aliphatic rings. The molecule has 1 aromatic heterocycles. The van der Waals surface area contributed by atoms with E-state index in [2.05, 4.69) is 15.1 Å². The van der Waals surface area contributed by atoms with E-state index in [1.165, 1.54) is 0 Å². The summed E-state index contributed by atoms with van der Waals surface area (Å²) in [6.07, 6.45) is 0.385. The fraction of sp³-hybridized carbons (Fsp3) is 0.370. The first-order valence-electron chi connectivity index (χ1n) is 11.9. The first-order valence-corrected chi connectivity index (χ1v) is 11.9. The summed E-state index contributed by atoms with van der Waals surface area (Å²) < 4.78 is 21.7. The van der Waals surface area contributed by atoms with Crippen molar-refractivity contribution in [1.29, 1.82) is 0 Å². The minimum absolute atomic E-state index is 0.127. The lowest BCUT2D eigenvalue weighted by Gasteiger charge is -2.35. The summed E-state index contributed by atoms with van der Waals surface area (Å²) in [6.45, 7) is 5.27. The van der Waals surface area contributed by atoms with Crippen molar-refractivity contribution in [1.82, 2.24) is 15.1 Å². The lowest BCUT2D eigenvalue weighted by Crippen LogP contribution is -2.49. The number of anilines is 1. The second-order valence-electron chi connectivity index (χ2n) is 8.31. The van der Waals surface area contributed by atoms with Crippen LogP contribution in [0.15, 0.2) is 48.5 Å². The largest absolute Gasteiger partial charge is 0.494 e. The molecule has 0 aliphatic carbocycles. The summed E-state index contributed by atoms with van der Waals surface area (Å²) in [5.74, 6) is 3.38. The van der Waals surface area contributed by atoms with Crippen LogP contribution in [-0.4, -0.2) is 75.1 Å². The Labute approximate surface area is 211 Å². The first kappa shape index (κ1) is 25.1. The van der Waals surface area contributed by atoms with E-state index >= 15 is 0 Å². The van der Waals surface area contributed by atoms with Crippen LogP contribution in [0.2, 0.25) is 0 Å². The lowest BCUT2D eigenvalue weighted by molar-refractivity contribution is -0.130. The van der Waals surface area contributed by atoms with Gasteiger partial charge in [0.1, 0.15) is 5.75 Å². The van der Waals surface area contributed by atoms with Crippen molar-refractivity contribution in [2.75, 3.05) is 59.0 Å². The third-order valence-corrected chi connectivity index (χ3v) is 6.16. The molecule has 0 saturated carbocycles. The van der Waals surface area contributed by atoms with Crippen LogP contribution >= 0.6 is 0 Å². The van der Waals surface area contributed by atoms with Crippen LogP contribution in [0.4, 0.5) is 5.82 Å². The van der Waals surface area contributed by atoms with Crippen molar-refractivity contribution < 1.29 is 23.7 Å². The number of methoxy groups -OCH3 is 3. The Hall–Kier alpha value is -4.01. The van der Waals surface area contributed by atoms with Gasteiger partial charge in [-0.2, -0.15) is 0 Å². The number of benzene rings is 2. The average Bonchev–Trinajstić information content (AvgIpc) is 2.93. The number of ether oxygens (including phenoxy) is 4. The monoisotopic (exact) mass is 492 g/mol. The van der Waals surface area contributed by atoms with Gasteiger partial charge < -0.3 is 28.7 Å². The van der Waals surface area contributed by atoms with Crippen LogP contribution in [0.3, 0.4) is 0 Å². The predicted molar refractivity (Wildman–Crippen MR) is 137 cm³/mol. The van der Waals surface area contributed by atoms with Gasteiger partial charge in [0.2, 0.25) is 11.7 Å². The lowest BCUT2D eigenvalue weighted by atomic mass is 10.1. The minimum Gasteiger partial charge on any atom is -0.494 e. The highest BCUT2D eigenvalue weighted by molar-refractivity contribution is 5.79. The number of carbonyl (C=O) groups is 1. The van der Waals surface area contributed by atoms with Crippen LogP contribution in [-0.2, 0) is 11.2 Å². The van der Waals surface area contributed by atoms with Gasteiger partial charge in [0, 0.05) is 31.7 Å². The van der Waals surface area contributed by atoms with Crippen LogP contribution < -0.4 is 23.8 Å². The van der Waals surface area contributed by atoms with Gasteiger partial charge in [-0.3, -0.25) is 4.79 Å². The Morgan fingerprint density at radius 3 is 2.06 bits per heavy atom. The zero-order valence-electron chi connectivity index (χ0n) is 21.2. The Balaban J connectivity index is 1.36. The highest BCUT2D eigenvalue weighted by Gasteiger charge is 2.22. The molecule has 1 aliphatic heterocycles. The summed E-state index contributed by atoms with van der Waals surface area (Å²) in [6, 6.07) is 15.3. The molecular weight excluding hydrogens is 460 g/mol. The van der Waals surface area contributed by atoms with Gasteiger partial charge in [-0.15, -0.1) is 10.2 Å². The highest BCUT2D eigenvalue weighted by Crippen LogP contribution is 2.40. The van der Waals surface area contributed by atoms with E-state index in [4.69, 9.17) is 18.9 Å². The van der Waals surface area contributed by atoms with E-state index in [9.17, 15) is 4.79 Å². The third kappa shape index (κ3) is 5.62. The Morgan fingerprint density at radius 2 is 1.53 bits per heavy atom. The van der Waals surface area contributed by atoms with E-state index < -0.39 is 0 Å². The predicted octanol–water partition coefficient (Wildman–Crippen LogP) is 3.46. The maximum Gasteiger partial charge on any atom is 0.227 e. The molecule has 0 unspecified atom stereocenters. The van der Waals surface area contributed by atoms with Gasteiger partial charge in [-0.25, -0.2) is 0 Å². The highest BCUT2D eigenvalue weighted by atomic mass is 16.5. The smallest absolute Gasteiger partial charge is 0.227 e. The summed E-state index contributed by atoms with van der Waals surface area (Å²) in [4.78, 5) is 16.8. The second-order valence-corrected chi connectivity index (χ2v) is 8.31. The summed E-state index contributed by atoms with van der Waals surface area (Å²) in [7, 11) is 4.73. The molecule has 2 aromatic carbocycles. The first-order chi connectivity index (χ1) is 17.6. The molecule has 36 heavy (non-hydrogen) atoms. The average molecular weight is 493 g/mol. The number of piperazine rings is 1. The zero-order chi connectivity index (χ0) is 25.5. The molecule has 1 saturated heterocycles. The number of amides is 1. The SMILES string of the molecule is CCOc1ccc(CC(=O)N2CCN(c3ccc(-c4cc(OC)c(OC)c(OC)c4)nn3)CC2)cc1. The maximum absolute atomic E-state index is 12.8. The fourth-order valence-electron chi connectivity index (χ4n) is 4.22. The standard InChI is InChI=1S/C27H32N4O5/c1-5-36-21-8-6-19(7-9-21)16-26(32)31-14-12-30(13-15-31)25-11-10-22(28-29-25)20-17-23(33-2)27(35-4)24(18-20)34-3/h6-11,17-18H,5,12-16H2,1-4H3. The molecule has 1 amide bonds. The van der Waals surface area contributed by atoms with Crippen molar-refractivity contribution >= 4 is 11.7 Å². The molecule has 0 radical (unpaired) electrons. The molecule has 3 aromatic rings. The van der Waals surface area contributed by atoms with Crippen molar-refractivity contribution in [2.24, 2.45) is 0 Å². The Morgan fingerprint density at radius 1 is 0.861 bits per heavy atom. The second kappa shape index (κ2) is 11.6. The Kier molecular flexibility index (Phi) is 8.10. The number of hydrogen-bond donors (Lipinski definition) is 0. The van der Waals surface area contributed by atoms with Crippen LogP contribution in [0.25, 0.3) is 11.3 Å². The van der Waals surface area contributed by atoms with Crippen molar-refractivity contribution in [3.63, 3.8) is 0 Å². The molecular formula is C27H32N4O5. The Bertz CT molecular complexity index is 1130. The third-order valence-electron chi connectivity index (χ3n) is 6.16. The van der Waals surface area contributed by atoms with E-state index in [1.54, 1.807) is 21.3 Å². The van der Waals surface area contributed by atoms with Gasteiger partial charge in [0.25, 0.3) is 0 Å². The van der Waals surface area contributed by atoms with Crippen LogP contribution in [0.1, 0.15) is 12.5 Å². The number of hydrogen-bond acceptors (Lipinski definition) is 8. The fourth-order valence-corrected chi connectivity index (χ4v) is 4.22. The summed E-state index contributed by atoms with van der Waals surface area (Å²) in [5, 5.41) is 8.87. The van der Waals surface area contributed by atoms with Gasteiger partial charge in [-0.1, -0.05) is 12.1 Å². The number of rotatable bonds is 9. The van der Waals surface area contributed by atoms with Crippen molar-refractivity contribution in [3.05, 3.63) is 54.1 Å². The molecule has 9 heteroatoms. The number of nitrogens with zero attached hydrogens (tertiary/aromatic N) is 4. The maximum atomic E-state index is 12.8. The molecule has 9 nitrogen and oxygen atoms in total. The van der Waals surface area contributed by atoms with Gasteiger partial charge >= 0.3 is 0 Å². The van der Waals surface area contributed by atoms with E-state index in [-0.39, 0.29) is 5.91 Å². The van der Waals surface area contributed by atoms with Gasteiger partial charge in [0.05, 0.1) is 40.1 Å². The summed E-state index contributed by atoms with van der Waals surface area (Å²) in [5.41, 5.74) is 2.49. The summed E-state index contributed by atoms with van der Waals surface area (Å²) >= 11 is 0. The molecule has 0 N–H and O–H groups in total. The van der Waals surface area contributed by atoms with Gasteiger partial charge in [-0.05, 0) is 48.9 Å². The zero-order valence-corrected chi connectivity index (χ0v) is 21.2. The molecule has 2 heterocycles. The molecule has 0 bridgehead atoms. The molecule has 0 atom stereocenters. The topological polar surface area (TPSA) is 86.3 Å². The van der Waals surface area contributed by atoms with E-state index in [1.807, 2.05) is 60.4 Å². The van der Waals surface area contributed by atoms with Crippen molar-refractivity contribution in [2.45, 2.75) is 13.3 Å². The van der Waals surface area contributed by atoms with Crippen LogP contribution in [0, 0.1) is 0 Å².